The minimum Gasteiger partial charge on any atom is -0.400 e. The minimum atomic E-state index is 0.752. The van der Waals surface area contributed by atoms with Crippen LogP contribution in [0.25, 0.3) is 0 Å². The van der Waals surface area contributed by atoms with Gasteiger partial charge in [-0.15, -0.1) is 0 Å². The molecule has 1 fully saturated rings. The Balaban J connectivity index is 0.000000579. The first-order valence-corrected chi connectivity index (χ1v) is 8.09. The fourth-order valence-electron chi connectivity index (χ4n) is 2.32. The average molecular weight is 291 g/mol. The van der Waals surface area contributed by atoms with Crippen LogP contribution in [0.1, 0.15) is 57.9 Å². The number of allylic oxidation sites excluding steroid dienone is 1. The van der Waals surface area contributed by atoms with Gasteiger partial charge in [-0.25, -0.2) is 0 Å². The molecule has 0 radical (unpaired) electrons. The molecular formula is C19H33NO. The maximum Gasteiger partial charge on any atom is 0.0319 e. The van der Waals surface area contributed by atoms with Crippen molar-refractivity contribution in [1.29, 1.82) is 0 Å². The van der Waals surface area contributed by atoms with Crippen molar-refractivity contribution >= 4 is 0 Å². The highest BCUT2D eigenvalue weighted by Crippen LogP contribution is 2.28. The van der Waals surface area contributed by atoms with Gasteiger partial charge >= 0.3 is 0 Å². The molecule has 0 unspecified atom stereocenters. The third-order valence-corrected chi connectivity index (χ3v) is 3.81. The molecule has 0 aromatic heterocycles. The summed E-state index contributed by atoms with van der Waals surface area (Å²) in [6.45, 7) is 12.8. The summed E-state index contributed by atoms with van der Waals surface area (Å²) in [6.07, 6.45) is 5.16. The van der Waals surface area contributed by atoms with E-state index in [1.54, 1.807) is 0 Å². The quantitative estimate of drug-likeness (QED) is 0.863. The van der Waals surface area contributed by atoms with Gasteiger partial charge in [0.1, 0.15) is 0 Å². The predicted molar refractivity (Wildman–Crippen MR) is 93.5 cm³/mol. The van der Waals surface area contributed by atoms with Gasteiger partial charge < -0.3 is 10.0 Å². The monoisotopic (exact) mass is 291 g/mol. The zero-order valence-corrected chi connectivity index (χ0v) is 14.3. The molecule has 0 bridgehead atoms. The molecule has 0 aliphatic carbocycles. The van der Waals surface area contributed by atoms with Crippen molar-refractivity contribution < 1.29 is 5.11 Å². The number of aliphatic hydroxyl groups is 1. The first-order valence-electron chi connectivity index (χ1n) is 8.09. The summed E-state index contributed by atoms with van der Waals surface area (Å²) < 4.78 is 0. The van der Waals surface area contributed by atoms with Crippen LogP contribution >= 0.6 is 0 Å². The van der Waals surface area contributed by atoms with E-state index in [0.717, 1.165) is 26.1 Å². The van der Waals surface area contributed by atoms with Gasteiger partial charge in [0.2, 0.25) is 0 Å². The van der Waals surface area contributed by atoms with Crippen LogP contribution in [0.15, 0.2) is 42.6 Å². The van der Waals surface area contributed by atoms with Crippen molar-refractivity contribution in [2.75, 3.05) is 20.2 Å². The average Bonchev–Trinajstić information content (AvgIpc) is 2.58. The van der Waals surface area contributed by atoms with Crippen molar-refractivity contribution in [3.63, 3.8) is 0 Å². The standard InChI is InChI=1S/C14H19N.C4H10.CH4O/c1-12(2)15-10-8-14(9-11-15)13-6-4-3-5-7-13;1-3-4-2;1-2/h3-7,14H,1,8-11H2,2H3;3-4H2,1-2H3;2H,1H3. The Hall–Kier alpha value is -1.28. The molecule has 2 heteroatoms. The number of rotatable bonds is 3. The Labute approximate surface area is 131 Å². The largest absolute Gasteiger partial charge is 0.400 e. The van der Waals surface area contributed by atoms with Gasteiger partial charge in [-0.2, -0.15) is 0 Å². The lowest BCUT2D eigenvalue weighted by Gasteiger charge is -2.33. The number of unbranched alkanes of at least 4 members (excludes halogenated alkanes) is 1. The van der Waals surface area contributed by atoms with E-state index in [0.29, 0.717) is 0 Å². The third-order valence-electron chi connectivity index (χ3n) is 3.81. The summed E-state index contributed by atoms with van der Waals surface area (Å²) in [5.74, 6) is 0.752. The zero-order valence-electron chi connectivity index (χ0n) is 14.3. The molecule has 1 saturated heterocycles. The Morgan fingerprint density at radius 3 is 1.95 bits per heavy atom. The Kier molecular flexibility index (Phi) is 11.7. The lowest BCUT2D eigenvalue weighted by Crippen LogP contribution is -2.31. The molecular weight excluding hydrogens is 258 g/mol. The minimum absolute atomic E-state index is 0.752. The van der Waals surface area contributed by atoms with E-state index < -0.39 is 0 Å². The van der Waals surface area contributed by atoms with Crippen LogP contribution in [0.4, 0.5) is 0 Å². The summed E-state index contributed by atoms with van der Waals surface area (Å²) >= 11 is 0. The molecule has 2 nitrogen and oxygen atoms in total. The fraction of sp³-hybridized carbons (Fsp3) is 0.579. The van der Waals surface area contributed by atoms with Gasteiger partial charge in [0.05, 0.1) is 0 Å². The van der Waals surface area contributed by atoms with Crippen molar-refractivity contribution in [3.05, 3.63) is 48.2 Å². The van der Waals surface area contributed by atoms with Crippen LogP contribution in [0.3, 0.4) is 0 Å². The van der Waals surface area contributed by atoms with E-state index >= 15 is 0 Å². The van der Waals surface area contributed by atoms with Crippen molar-refractivity contribution in [1.82, 2.24) is 4.90 Å². The molecule has 1 aliphatic rings. The normalized spacial score (nSPS) is 14.4. The van der Waals surface area contributed by atoms with Gasteiger partial charge in [-0.3, -0.25) is 0 Å². The molecule has 0 spiro atoms. The Morgan fingerprint density at radius 2 is 1.57 bits per heavy atom. The van der Waals surface area contributed by atoms with Crippen LogP contribution in [0.2, 0.25) is 0 Å². The van der Waals surface area contributed by atoms with Crippen molar-refractivity contribution in [3.8, 4) is 0 Å². The molecule has 1 aromatic carbocycles. The number of benzene rings is 1. The highest BCUT2D eigenvalue weighted by molar-refractivity contribution is 5.20. The first-order chi connectivity index (χ1) is 10.2. The molecule has 120 valence electrons. The number of aliphatic hydroxyl groups excluding tert-OH is 1. The van der Waals surface area contributed by atoms with Gasteiger partial charge in [0, 0.05) is 25.9 Å². The van der Waals surface area contributed by atoms with Crippen LogP contribution < -0.4 is 0 Å². The zero-order chi connectivity index (χ0) is 16.1. The predicted octanol–water partition coefficient (Wildman–Crippen LogP) is 4.81. The number of nitrogens with zero attached hydrogens (tertiary/aromatic N) is 1. The molecule has 2 rings (SSSR count). The number of hydrogen-bond acceptors (Lipinski definition) is 2. The van der Waals surface area contributed by atoms with Gasteiger partial charge in [-0.1, -0.05) is 63.6 Å². The van der Waals surface area contributed by atoms with Crippen molar-refractivity contribution in [2.45, 2.75) is 52.4 Å². The SMILES string of the molecule is C=C(C)N1CCC(c2ccccc2)CC1.CCCC.CO. The third kappa shape index (κ3) is 7.91. The summed E-state index contributed by atoms with van der Waals surface area (Å²) in [6, 6.07) is 10.9. The lowest BCUT2D eigenvalue weighted by molar-refractivity contribution is 0.264. The summed E-state index contributed by atoms with van der Waals surface area (Å²) in [7, 11) is 1.00. The molecule has 0 amide bonds. The second-order valence-corrected chi connectivity index (χ2v) is 5.41. The smallest absolute Gasteiger partial charge is 0.0319 e. The molecule has 1 aliphatic heterocycles. The Morgan fingerprint density at radius 1 is 1.10 bits per heavy atom. The second kappa shape index (κ2) is 12.5. The van der Waals surface area contributed by atoms with E-state index in [4.69, 9.17) is 5.11 Å². The highest BCUT2D eigenvalue weighted by Gasteiger charge is 2.19. The molecule has 21 heavy (non-hydrogen) atoms. The van der Waals surface area contributed by atoms with Crippen LogP contribution in [-0.4, -0.2) is 30.2 Å². The van der Waals surface area contributed by atoms with E-state index in [1.807, 2.05) is 0 Å². The molecule has 1 N–H and O–H groups in total. The van der Waals surface area contributed by atoms with Gasteiger partial charge in [0.25, 0.3) is 0 Å². The number of likely N-dealkylation sites (tertiary alicyclic amines) is 1. The van der Waals surface area contributed by atoms with E-state index in [9.17, 15) is 0 Å². The maximum atomic E-state index is 7.00. The molecule has 0 atom stereocenters. The van der Waals surface area contributed by atoms with E-state index in [2.05, 4.69) is 62.6 Å². The second-order valence-electron chi connectivity index (χ2n) is 5.41. The van der Waals surface area contributed by atoms with E-state index in [-0.39, 0.29) is 0 Å². The topological polar surface area (TPSA) is 23.5 Å². The molecule has 0 saturated carbocycles. The van der Waals surface area contributed by atoms with Crippen LogP contribution in [0, 0.1) is 0 Å². The first kappa shape index (κ1) is 19.7. The van der Waals surface area contributed by atoms with Crippen LogP contribution in [0.5, 0.6) is 0 Å². The molecule has 1 heterocycles. The number of piperidine rings is 1. The van der Waals surface area contributed by atoms with E-state index in [1.165, 1.54) is 36.9 Å². The molecule has 1 aromatic rings. The summed E-state index contributed by atoms with van der Waals surface area (Å²) in [4.78, 5) is 2.39. The van der Waals surface area contributed by atoms with Crippen molar-refractivity contribution in [2.24, 2.45) is 0 Å². The van der Waals surface area contributed by atoms with Gasteiger partial charge in [-0.05, 0) is 31.2 Å². The fourth-order valence-corrected chi connectivity index (χ4v) is 2.32. The Bertz CT molecular complexity index is 351. The summed E-state index contributed by atoms with van der Waals surface area (Å²) in [5, 5.41) is 7.00. The number of hydrogen-bond donors (Lipinski definition) is 1. The summed E-state index contributed by atoms with van der Waals surface area (Å²) in [5.41, 5.74) is 2.71. The maximum absolute atomic E-state index is 7.00. The van der Waals surface area contributed by atoms with Crippen LogP contribution in [-0.2, 0) is 0 Å². The highest BCUT2D eigenvalue weighted by atomic mass is 16.2. The van der Waals surface area contributed by atoms with Gasteiger partial charge in [0.15, 0.2) is 0 Å². The lowest BCUT2D eigenvalue weighted by atomic mass is 9.89.